The van der Waals surface area contributed by atoms with E-state index in [-0.39, 0.29) is 0 Å². The van der Waals surface area contributed by atoms with Crippen molar-refractivity contribution in [3.05, 3.63) is 29.3 Å². The number of aliphatic imine (C=N–C) groups is 1. The van der Waals surface area contributed by atoms with Gasteiger partial charge in [-0.05, 0) is 55.8 Å². The minimum Gasteiger partial charge on any atom is -0.370 e. The first kappa shape index (κ1) is 18.2. The number of hydrogen-bond donors (Lipinski definition) is 2. The maximum Gasteiger partial charge on any atom is 0.193 e. The Morgan fingerprint density at radius 1 is 1.20 bits per heavy atom. The molecule has 0 bridgehead atoms. The van der Waals surface area contributed by atoms with Crippen LogP contribution in [0, 0.1) is 5.92 Å². The average molecular weight is 344 g/mol. The summed E-state index contributed by atoms with van der Waals surface area (Å²) in [5, 5.41) is 3.34. The van der Waals surface area contributed by atoms with Gasteiger partial charge in [-0.2, -0.15) is 0 Å². The molecule has 5 heteroatoms. The molecule has 0 spiro atoms. The van der Waals surface area contributed by atoms with E-state index >= 15 is 0 Å². The van der Waals surface area contributed by atoms with Crippen molar-refractivity contribution in [3.8, 4) is 0 Å². The first-order chi connectivity index (χ1) is 12.1. The Balaban J connectivity index is 1.50. The van der Waals surface area contributed by atoms with Gasteiger partial charge in [-0.3, -0.25) is 4.99 Å². The van der Waals surface area contributed by atoms with Crippen molar-refractivity contribution in [2.24, 2.45) is 16.6 Å². The molecule has 2 aliphatic rings. The van der Waals surface area contributed by atoms with E-state index in [4.69, 9.17) is 5.73 Å². The van der Waals surface area contributed by atoms with Crippen LogP contribution in [0.1, 0.15) is 30.9 Å². The van der Waals surface area contributed by atoms with E-state index in [9.17, 15) is 0 Å². The van der Waals surface area contributed by atoms with Gasteiger partial charge in [0, 0.05) is 45.0 Å². The number of nitrogens with two attached hydrogens (primary N) is 1. The van der Waals surface area contributed by atoms with E-state index in [1.54, 1.807) is 0 Å². The molecule has 1 saturated heterocycles. The molecular weight excluding hydrogens is 310 g/mol. The Bertz CT molecular complexity index is 590. The van der Waals surface area contributed by atoms with Crippen molar-refractivity contribution in [3.63, 3.8) is 0 Å². The van der Waals surface area contributed by atoms with E-state index in [1.807, 2.05) is 0 Å². The summed E-state index contributed by atoms with van der Waals surface area (Å²) in [7, 11) is 2.19. The number of rotatable bonds is 5. The monoisotopic (exact) mass is 343 g/mol. The molecule has 1 unspecified atom stereocenters. The highest BCUT2D eigenvalue weighted by molar-refractivity contribution is 5.93. The summed E-state index contributed by atoms with van der Waals surface area (Å²) in [5.74, 6) is 1.07. The SMILES string of the molecule is CC(CN=C(N)Nc1cccc2c1CCCC2)CN1CCN(C)CC1. The average Bonchev–Trinajstić information content (AvgIpc) is 2.62. The molecule has 1 aliphatic heterocycles. The molecule has 1 aromatic rings. The summed E-state index contributed by atoms with van der Waals surface area (Å²) < 4.78 is 0. The number of nitrogens with zero attached hydrogens (tertiary/aromatic N) is 3. The van der Waals surface area contributed by atoms with Crippen molar-refractivity contribution < 1.29 is 0 Å². The van der Waals surface area contributed by atoms with Crippen molar-refractivity contribution in [1.29, 1.82) is 0 Å². The van der Waals surface area contributed by atoms with E-state index in [0.29, 0.717) is 11.9 Å². The lowest BCUT2D eigenvalue weighted by molar-refractivity contribution is 0.140. The summed E-state index contributed by atoms with van der Waals surface area (Å²) in [6.45, 7) is 8.80. The first-order valence-corrected chi connectivity index (χ1v) is 9.70. The smallest absolute Gasteiger partial charge is 0.193 e. The van der Waals surface area contributed by atoms with E-state index in [0.717, 1.165) is 38.3 Å². The standard InChI is InChI=1S/C20H33N5/c1-16(15-25-12-10-24(2)11-13-25)14-22-20(21)23-19-9-5-7-17-6-3-4-8-18(17)19/h5,7,9,16H,3-4,6,8,10-15H2,1-2H3,(H3,21,22,23). The van der Waals surface area contributed by atoms with Crippen molar-refractivity contribution in [1.82, 2.24) is 9.80 Å². The molecule has 1 fully saturated rings. The summed E-state index contributed by atoms with van der Waals surface area (Å²) in [6, 6.07) is 6.49. The number of piperazine rings is 1. The largest absolute Gasteiger partial charge is 0.370 e. The number of likely N-dealkylation sites (N-methyl/N-ethyl adjacent to an activating group) is 1. The molecule has 1 atom stereocenters. The highest BCUT2D eigenvalue weighted by Gasteiger charge is 2.16. The van der Waals surface area contributed by atoms with Crippen LogP contribution in [0.3, 0.4) is 0 Å². The molecule has 3 rings (SSSR count). The first-order valence-electron chi connectivity index (χ1n) is 9.70. The van der Waals surface area contributed by atoms with Crippen molar-refractivity contribution in [2.45, 2.75) is 32.6 Å². The van der Waals surface area contributed by atoms with Gasteiger partial charge in [-0.1, -0.05) is 19.1 Å². The second-order valence-corrected chi connectivity index (χ2v) is 7.71. The normalized spacial score (nSPS) is 21.0. The topological polar surface area (TPSA) is 56.9 Å². The molecule has 25 heavy (non-hydrogen) atoms. The summed E-state index contributed by atoms with van der Waals surface area (Å²) >= 11 is 0. The van der Waals surface area contributed by atoms with Gasteiger partial charge in [0.15, 0.2) is 5.96 Å². The van der Waals surface area contributed by atoms with Gasteiger partial charge < -0.3 is 20.9 Å². The van der Waals surface area contributed by atoms with E-state index < -0.39 is 0 Å². The highest BCUT2D eigenvalue weighted by Crippen LogP contribution is 2.27. The van der Waals surface area contributed by atoms with Gasteiger partial charge in [0.25, 0.3) is 0 Å². The Hall–Kier alpha value is -1.59. The molecule has 138 valence electrons. The lowest BCUT2D eigenvalue weighted by Crippen LogP contribution is -2.46. The molecule has 0 aromatic heterocycles. The fourth-order valence-electron chi connectivity index (χ4n) is 3.86. The van der Waals surface area contributed by atoms with Crippen LogP contribution in [-0.2, 0) is 12.8 Å². The second-order valence-electron chi connectivity index (χ2n) is 7.71. The van der Waals surface area contributed by atoms with Crippen LogP contribution < -0.4 is 11.1 Å². The molecule has 1 aliphatic carbocycles. The zero-order valence-electron chi connectivity index (χ0n) is 15.8. The zero-order valence-corrected chi connectivity index (χ0v) is 15.8. The summed E-state index contributed by atoms with van der Waals surface area (Å²) in [6.07, 6.45) is 4.89. The third-order valence-corrected chi connectivity index (χ3v) is 5.40. The van der Waals surface area contributed by atoms with Crippen LogP contribution in [0.2, 0.25) is 0 Å². The number of aryl methyl sites for hydroxylation is 1. The number of anilines is 1. The Morgan fingerprint density at radius 2 is 1.96 bits per heavy atom. The van der Waals surface area contributed by atoms with Gasteiger partial charge >= 0.3 is 0 Å². The Morgan fingerprint density at radius 3 is 2.76 bits per heavy atom. The number of nitrogens with one attached hydrogen (secondary N) is 1. The second kappa shape index (κ2) is 8.68. The highest BCUT2D eigenvalue weighted by atomic mass is 15.2. The Labute approximate surface area is 152 Å². The molecule has 0 radical (unpaired) electrons. The molecule has 3 N–H and O–H groups in total. The van der Waals surface area contributed by atoms with E-state index in [1.165, 1.54) is 43.5 Å². The van der Waals surface area contributed by atoms with E-state index in [2.05, 4.69) is 52.3 Å². The van der Waals surface area contributed by atoms with Crippen LogP contribution in [0.5, 0.6) is 0 Å². The predicted octanol–water partition coefficient (Wildman–Crippen LogP) is 2.18. The minimum atomic E-state index is 0.522. The molecule has 1 heterocycles. The van der Waals surface area contributed by atoms with Crippen LogP contribution in [0.15, 0.2) is 23.2 Å². The third-order valence-electron chi connectivity index (χ3n) is 5.40. The number of benzene rings is 1. The van der Waals surface area contributed by atoms with Gasteiger partial charge in [-0.15, -0.1) is 0 Å². The third kappa shape index (κ3) is 5.19. The summed E-state index contributed by atoms with van der Waals surface area (Å²) in [4.78, 5) is 9.52. The van der Waals surface area contributed by atoms with Crippen LogP contribution in [0.25, 0.3) is 0 Å². The minimum absolute atomic E-state index is 0.522. The van der Waals surface area contributed by atoms with Crippen molar-refractivity contribution >= 4 is 11.6 Å². The molecular formula is C20H33N5. The number of guanidine groups is 1. The number of fused-ring (bicyclic) bond motifs is 1. The van der Waals surface area contributed by atoms with Crippen LogP contribution in [-0.4, -0.2) is 62.1 Å². The van der Waals surface area contributed by atoms with Crippen LogP contribution >= 0.6 is 0 Å². The van der Waals surface area contributed by atoms with Crippen LogP contribution in [0.4, 0.5) is 5.69 Å². The maximum absolute atomic E-state index is 6.16. The fourth-order valence-corrected chi connectivity index (χ4v) is 3.86. The lowest BCUT2D eigenvalue weighted by atomic mass is 9.90. The lowest BCUT2D eigenvalue weighted by Gasteiger charge is -2.33. The van der Waals surface area contributed by atoms with Gasteiger partial charge in [0.05, 0.1) is 0 Å². The maximum atomic E-state index is 6.16. The van der Waals surface area contributed by atoms with Gasteiger partial charge in [-0.25, -0.2) is 0 Å². The number of hydrogen-bond acceptors (Lipinski definition) is 3. The molecule has 5 nitrogen and oxygen atoms in total. The zero-order chi connectivity index (χ0) is 17.6. The molecule has 0 saturated carbocycles. The molecule has 0 amide bonds. The quantitative estimate of drug-likeness (QED) is 0.635. The van der Waals surface area contributed by atoms with Gasteiger partial charge in [0.2, 0.25) is 0 Å². The summed E-state index contributed by atoms with van der Waals surface area (Å²) in [5.41, 5.74) is 10.2. The fraction of sp³-hybridized carbons (Fsp3) is 0.650. The molecule has 1 aromatic carbocycles. The predicted molar refractivity (Wildman–Crippen MR) is 106 cm³/mol. The van der Waals surface area contributed by atoms with Crippen molar-refractivity contribution in [2.75, 3.05) is 51.6 Å². The van der Waals surface area contributed by atoms with Gasteiger partial charge in [0.1, 0.15) is 0 Å². The Kier molecular flexibility index (Phi) is 6.32.